The summed E-state index contributed by atoms with van der Waals surface area (Å²) in [7, 11) is 0. The summed E-state index contributed by atoms with van der Waals surface area (Å²) in [5, 5.41) is 10.9. The normalized spacial score (nSPS) is 10.6. The molecule has 2 heterocycles. The molecule has 0 spiro atoms. The van der Waals surface area contributed by atoms with E-state index in [0.29, 0.717) is 16.9 Å². The summed E-state index contributed by atoms with van der Waals surface area (Å²) in [4.78, 5) is 11.9. The van der Waals surface area contributed by atoms with Gasteiger partial charge in [-0.15, -0.1) is 10.2 Å². The molecule has 22 heavy (non-hydrogen) atoms. The fourth-order valence-corrected chi connectivity index (χ4v) is 2.55. The molecule has 0 fully saturated rings. The highest BCUT2D eigenvalue weighted by molar-refractivity contribution is 14.1. The zero-order valence-corrected chi connectivity index (χ0v) is 14.1. The highest BCUT2D eigenvalue weighted by atomic mass is 127. The van der Waals surface area contributed by atoms with E-state index in [2.05, 4.69) is 38.1 Å². The Kier molecular flexibility index (Phi) is 4.78. The van der Waals surface area contributed by atoms with Gasteiger partial charge in [0.05, 0.1) is 12.0 Å². The van der Waals surface area contributed by atoms with E-state index in [1.54, 1.807) is 12.1 Å². The zero-order chi connectivity index (χ0) is 15.4. The Labute approximate surface area is 143 Å². The third-order valence-corrected chi connectivity index (χ3v) is 4.13. The average Bonchev–Trinajstić information content (AvgIpc) is 3.18. The summed E-state index contributed by atoms with van der Waals surface area (Å²) in [6.07, 6.45) is 1.53. The van der Waals surface area contributed by atoms with Crippen molar-refractivity contribution in [2.45, 2.75) is 5.22 Å². The number of carbonyl (C=O) groups is 1. The molecule has 3 aromatic rings. The van der Waals surface area contributed by atoms with Gasteiger partial charge in [-0.3, -0.25) is 4.79 Å². The van der Waals surface area contributed by atoms with Gasteiger partial charge >= 0.3 is 0 Å². The van der Waals surface area contributed by atoms with Gasteiger partial charge in [0.15, 0.2) is 5.76 Å². The van der Waals surface area contributed by atoms with Crippen molar-refractivity contribution in [2.75, 3.05) is 11.1 Å². The van der Waals surface area contributed by atoms with Crippen LogP contribution in [-0.2, 0) is 4.79 Å². The number of hydrogen-bond donors (Lipinski definition) is 1. The number of carbonyl (C=O) groups excluding carboxylic acids is 1. The van der Waals surface area contributed by atoms with E-state index in [1.165, 1.54) is 18.0 Å². The molecule has 3 rings (SSSR count). The molecule has 0 atom stereocenters. The molecule has 2 aromatic heterocycles. The molecule has 0 aliphatic carbocycles. The van der Waals surface area contributed by atoms with Gasteiger partial charge in [-0.05, 0) is 59.0 Å². The van der Waals surface area contributed by atoms with Gasteiger partial charge in [0.25, 0.3) is 11.1 Å². The van der Waals surface area contributed by atoms with Crippen LogP contribution in [0.4, 0.5) is 5.69 Å². The average molecular weight is 427 g/mol. The lowest BCUT2D eigenvalue weighted by Crippen LogP contribution is -2.13. The van der Waals surface area contributed by atoms with E-state index in [1.807, 2.05) is 24.3 Å². The van der Waals surface area contributed by atoms with Crippen molar-refractivity contribution in [3.63, 3.8) is 0 Å². The van der Waals surface area contributed by atoms with Crippen LogP contribution in [0.2, 0.25) is 0 Å². The number of benzene rings is 1. The lowest BCUT2D eigenvalue weighted by molar-refractivity contribution is -0.113. The molecule has 0 aliphatic rings. The number of nitrogens with zero attached hydrogens (tertiary/aromatic N) is 2. The van der Waals surface area contributed by atoms with E-state index in [0.717, 1.165) is 9.26 Å². The van der Waals surface area contributed by atoms with Crippen molar-refractivity contribution in [3.8, 4) is 11.7 Å². The smallest absolute Gasteiger partial charge is 0.284 e. The number of halogens is 1. The number of hydrogen-bond acceptors (Lipinski definition) is 6. The Morgan fingerprint density at radius 2 is 2.05 bits per heavy atom. The van der Waals surface area contributed by atoms with Gasteiger partial charge in [0, 0.05) is 9.26 Å². The van der Waals surface area contributed by atoms with Gasteiger partial charge in [-0.25, -0.2) is 0 Å². The lowest BCUT2D eigenvalue weighted by atomic mass is 10.3. The van der Waals surface area contributed by atoms with Crippen LogP contribution in [0.3, 0.4) is 0 Å². The monoisotopic (exact) mass is 427 g/mol. The second-order valence-electron chi connectivity index (χ2n) is 4.19. The number of nitrogens with one attached hydrogen (secondary N) is 1. The summed E-state index contributed by atoms with van der Waals surface area (Å²) in [5.41, 5.74) is 0.757. The van der Waals surface area contributed by atoms with Crippen molar-refractivity contribution < 1.29 is 13.6 Å². The summed E-state index contributed by atoms with van der Waals surface area (Å²) in [5.74, 6) is 0.850. The first kappa shape index (κ1) is 15.1. The molecule has 0 saturated heterocycles. The van der Waals surface area contributed by atoms with Crippen molar-refractivity contribution in [1.29, 1.82) is 0 Å². The first-order chi connectivity index (χ1) is 10.7. The van der Waals surface area contributed by atoms with Crippen LogP contribution in [-0.4, -0.2) is 21.9 Å². The van der Waals surface area contributed by atoms with Crippen LogP contribution in [0.25, 0.3) is 11.7 Å². The number of amides is 1. The number of rotatable bonds is 5. The number of thioether (sulfide) groups is 1. The van der Waals surface area contributed by atoms with Crippen LogP contribution < -0.4 is 5.32 Å². The zero-order valence-electron chi connectivity index (χ0n) is 11.2. The first-order valence-corrected chi connectivity index (χ1v) is 8.33. The van der Waals surface area contributed by atoms with Gasteiger partial charge in [0.1, 0.15) is 0 Å². The second kappa shape index (κ2) is 6.97. The SMILES string of the molecule is O=C(CSc1nnc(-c2ccco2)o1)Nc1ccc(I)cc1. The Bertz CT molecular complexity index is 756. The standard InChI is InChI=1S/C14H10IN3O3S/c15-9-3-5-10(6-4-9)16-12(19)8-22-14-18-17-13(21-14)11-2-1-7-20-11/h1-7H,8H2,(H,16,19). The van der Waals surface area contributed by atoms with Crippen LogP contribution >= 0.6 is 34.4 Å². The van der Waals surface area contributed by atoms with Crippen LogP contribution in [0.15, 0.2) is 56.7 Å². The Morgan fingerprint density at radius 1 is 1.23 bits per heavy atom. The number of furan rings is 1. The maximum atomic E-state index is 11.9. The van der Waals surface area contributed by atoms with E-state index in [4.69, 9.17) is 8.83 Å². The first-order valence-electron chi connectivity index (χ1n) is 6.26. The van der Waals surface area contributed by atoms with Crippen molar-refractivity contribution in [3.05, 3.63) is 46.2 Å². The summed E-state index contributed by atoms with van der Waals surface area (Å²) in [6.45, 7) is 0. The van der Waals surface area contributed by atoms with E-state index in [9.17, 15) is 4.79 Å². The lowest BCUT2D eigenvalue weighted by Gasteiger charge is -2.03. The summed E-state index contributed by atoms with van der Waals surface area (Å²) >= 11 is 3.38. The molecule has 0 aliphatic heterocycles. The van der Waals surface area contributed by atoms with Gasteiger partial charge in [0.2, 0.25) is 5.91 Å². The van der Waals surface area contributed by atoms with Crippen molar-refractivity contribution in [1.82, 2.24) is 10.2 Å². The molecular weight excluding hydrogens is 417 g/mol. The van der Waals surface area contributed by atoms with Gasteiger partial charge in [-0.1, -0.05) is 11.8 Å². The largest absolute Gasteiger partial charge is 0.459 e. The summed E-state index contributed by atoms with van der Waals surface area (Å²) < 4.78 is 11.7. The minimum atomic E-state index is -0.135. The van der Waals surface area contributed by atoms with Crippen LogP contribution in [0.1, 0.15) is 0 Å². The maximum Gasteiger partial charge on any atom is 0.284 e. The Hall–Kier alpha value is -1.81. The second-order valence-corrected chi connectivity index (χ2v) is 6.37. The highest BCUT2D eigenvalue weighted by Gasteiger charge is 2.12. The minimum absolute atomic E-state index is 0.135. The molecule has 8 heteroatoms. The van der Waals surface area contributed by atoms with E-state index < -0.39 is 0 Å². The van der Waals surface area contributed by atoms with E-state index >= 15 is 0 Å². The Balaban J connectivity index is 1.54. The molecule has 1 amide bonds. The van der Waals surface area contributed by atoms with Gasteiger partial charge < -0.3 is 14.2 Å². The third-order valence-electron chi connectivity index (χ3n) is 2.59. The molecule has 6 nitrogen and oxygen atoms in total. The highest BCUT2D eigenvalue weighted by Crippen LogP contribution is 2.23. The van der Waals surface area contributed by atoms with Crippen LogP contribution in [0.5, 0.6) is 0 Å². The predicted octanol–water partition coefficient (Wildman–Crippen LogP) is 3.67. The molecule has 0 bridgehead atoms. The van der Waals surface area contributed by atoms with Gasteiger partial charge in [-0.2, -0.15) is 0 Å². The number of aromatic nitrogens is 2. The Morgan fingerprint density at radius 3 is 2.77 bits per heavy atom. The minimum Gasteiger partial charge on any atom is -0.459 e. The fourth-order valence-electron chi connectivity index (χ4n) is 1.63. The van der Waals surface area contributed by atoms with Crippen molar-refractivity contribution >= 4 is 45.9 Å². The topological polar surface area (TPSA) is 81.2 Å². The summed E-state index contributed by atoms with van der Waals surface area (Å²) in [6, 6.07) is 11.0. The molecule has 1 aromatic carbocycles. The fraction of sp³-hybridized carbons (Fsp3) is 0.0714. The quantitative estimate of drug-likeness (QED) is 0.495. The van der Waals surface area contributed by atoms with Crippen LogP contribution in [0, 0.1) is 3.57 Å². The maximum absolute atomic E-state index is 11.9. The molecule has 0 unspecified atom stereocenters. The third kappa shape index (κ3) is 3.89. The molecular formula is C14H10IN3O3S. The van der Waals surface area contributed by atoms with E-state index in [-0.39, 0.29) is 11.7 Å². The van der Waals surface area contributed by atoms with Crippen molar-refractivity contribution in [2.24, 2.45) is 0 Å². The predicted molar refractivity (Wildman–Crippen MR) is 90.5 cm³/mol. The molecule has 0 saturated carbocycles. The molecule has 0 radical (unpaired) electrons. The molecule has 1 N–H and O–H groups in total. The number of anilines is 1. The molecule has 112 valence electrons.